The van der Waals surface area contributed by atoms with Gasteiger partial charge in [0.15, 0.2) is 5.13 Å². The SMILES string of the molecule is COc1ccc(OCc2cnc(N)s2)c(C(C)(C)C)c1. The monoisotopic (exact) mass is 292 g/mol. The lowest BCUT2D eigenvalue weighted by Gasteiger charge is -2.23. The zero-order chi connectivity index (χ0) is 14.8. The van der Waals surface area contributed by atoms with Crippen LogP contribution in [0, 0.1) is 0 Å². The van der Waals surface area contributed by atoms with Crippen LogP contribution in [0.25, 0.3) is 0 Å². The van der Waals surface area contributed by atoms with Crippen molar-refractivity contribution in [1.82, 2.24) is 4.98 Å². The standard InChI is InChI=1S/C15H20N2O2S/c1-15(2,3)12-7-10(18-4)5-6-13(12)19-9-11-8-17-14(16)20-11/h5-8H,9H2,1-4H3,(H2,16,17). The molecule has 0 radical (unpaired) electrons. The first kappa shape index (κ1) is 14.7. The van der Waals surface area contributed by atoms with Crippen LogP contribution in [0.4, 0.5) is 5.13 Å². The molecular weight excluding hydrogens is 272 g/mol. The zero-order valence-electron chi connectivity index (χ0n) is 12.3. The number of rotatable bonds is 4. The van der Waals surface area contributed by atoms with Crippen molar-refractivity contribution < 1.29 is 9.47 Å². The van der Waals surface area contributed by atoms with Gasteiger partial charge in [-0.3, -0.25) is 0 Å². The average molecular weight is 292 g/mol. The van der Waals surface area contributed by atoms with Gasteiger partial charge < -0.3 is 15.2 Å². The molecule has 4 nitrogen and oxygen atoms in total. The smallest absolute Gasteiger partial charge is 0.180 e. The molecule has 5 heteroatoms. The third-order valence-electron chi connectivity index (χ3n) is 2.94. The second-order valence-corrected chi connectivity index (χ2v) is 6.71. The van der Waals surface area contributed by atoms with Crippen molar-refractivity contribution in [3.05, 3.63) is 34.8 Å². The van der Waals surface area contributed by atoms with E-state index in [0.29, 0.717) is 11.7 Å². The Hall–Kier alpha value is -1.75. The minimum atomic E-state index is -0.0173. The van der Waals surface area contributed by atoms with E-state index in [0.717, 1.165) is 21.9 Å². The van der Waals surface area contributed by atoms with Gasteiger partial charge in [-0.05, 0) is 23.6 Å². The van der Waals surface area contributed by atoms with E-state index < -0.39 is 0 Å². The summed E-state index contributed by atoms with van der Waals surface area (Å²) >= 11 is 1.44. The predicted molar refractivity (Wildman–Crippen MR) is 82.6 cm³/mol. The number of aromatic nitrogens is 1. The number of thiazole rings is 1. The molecular formula is C15H20N2O2S. The lowest BCUT2D eigenvalue weighted by molar-refractivity contribution is 0.299. The van der Waals surface area contributed by atoms with Crippen molar-refractivity contribution in [2.24, 2.45) is 0 Å². The molecule has 0 aliphatic carbocycles. The van der Waals surface area contributed by atoms with Crippen molar-refractivity contribution in [2.75, 3.05) is 12.8 Å². The molecule has 0 aliphatic heterocycles. The summed E-state index contributed by atoms with van der Waals surface area (Å²) in [6, 6.07) is 5.88. The molecule has 2 rings (SSSR count). The van der Waals surface area contributed by atoms with Crippen LogP contribution >= 0.6 is 11.3 Å². The van der Waals surface area contributed by atoms with Crippen LogP contribution in [0.15, 0.2) is 24.4 Å². The third-order valence-corrected chi connectivity index (χ3v) is 3.74. The van der Waals surface area contributed by atoms with Crippen LogP contribution < -0.4 is 15.2 Å². The van der Waals surface area contributed by atoms with Crippen molar-refractivity contribution in [1.29, 1.82) is 0 Å². The molecule has 0 saturated carbocycles. The topological polar surface area (TPSA) is 57.4 Å². The molecule has 2 N–H and O–H groups in total. The normalized spacial score (nSPS) is 11.4. The Bertz CT molecular complexity index is 588. The molecule has 1 aromatic carbocycles. The highest BCUT2D eigenvalue weighted by Crippen LogP contribution is 2.35. The Balaban J connectivity index is 2.22. The van der Waals surface area contributed by atoms with Crippen LogP contribution in [0.5, 0.6) is 11.5 Å². The predicted octanol–water partition coefficient (Wildman–Crippen LogP) is 3.61. The Labute approximate surface area is 123 Å². The lowest BCUT2D eigenvalue weighted by Crippen LogP contribution is -2.13. The molecule has 0 spiro atoms. The van der Waals surface area contributed by atoms with Crippen LogP contribution in [0.1, 0.15) is 31.2 Å². The van der Waals surface area contributed by atoms with E-state index >= 15 is 0 Å². The molecule has 2 aromatic rings. The fourth-order valence-corrected chi connectivity index (χ4v) is 2.48. The third kappa shape index (κ3) is 3.42. The van der Waals surface area contributed by atoms with Gasteiger partial charge in [-0.2, -0.15) is 0 Å². The summed E-state index contributed by atoms with van der Waals surface area (Å²) in [5.41, 5.74) is 6.72. The first-order valence-electron chi connectivity index (χ1n) is 6.41. The molecule has 0 unspecified atom stereocenters. The number of hydrogen-bond donors (Lipinski definition) is 1. The van der Waals surface area contributed by atoms with Crippen molar-refractivity contribution in [2.45, 2.75) is 32.8 Å². The molecule has 20 heavy (non-hydrogen) atoms. The highest BCUT2D eigenvalue weighted by atomic mass is 32.1. The Morgan fingerprint density at radius 1 is 1.30 bits per heavy atom. The Morgan fingerprint density at radius 2 is 2.05 bits per heavy atom. The van der Waals surface area contributed by atoms with Crippen molar-refractivity contribution in [3.8, 4) is 11.5 Å². The van der Waals surface area contributed by atoms with Gasteiger partial charge in [-0.15, -0.1) is 0 Å². The maximum atomic E-state index is 5.92. The molecule has 0 aliphatic rings. The van der Waals surface area contributed by atoms with E-state index in [-0.39, 0.29) is 5.41 Å². The van der Waals surface area contributed by atoms with E-state index in [4.69, 9.17) is 15.2 Å². The highest BCUT2D eigenvalue weighted by molar-refractivity contribution is 7.15. The van der Waals surface area contributed by atoms with Crippen LogP contribution in [-0.2, 0) is 12.0 Å². The number of methoxy groups -OCH3 is 1. The van der Waals surface area contributed by atoms with Crippen LogP contribution in [0.2, 0.25) is 0 Å². The summed E-state index contributed by atoms with van der Waals surface area (Å²) in [6.45, 7) is 6.93. The number of nitrogens with zero attached hydrogens (tertiary/aromatic N) is 1. The van der Waals surface area contributed by atoms with Gasteiger partial charge in [-0.1, -0.05) is 32.1 Å². The molecule has 0 fully saturated rings. The van der Waals surface area contributed by atoms with Gasteiger partial charge in [0, 0.05) is 11.8 Å². The number of nitrogens with two attached hydrogens (primary N) is 1. The quantitative estimate of drug-likeness (QED) is 0.935. The maximum Gasteiger partial charge on any atom is 0.180 e. The minimum absolute atomic E-state index is 0.0173. The van der Waals surface area contributed by atoms with E-state index in [1.807, 2.05) is 18.2 Å². The first-order chi connectivity index (χ1) is 9.40. The van der Waals surface area contributed by atoms with E-state index in [1.54, 1.807) is 13.3 Å². The molecule has 0 atom stereocenters. The fraction of sp³-hybridized carbons (Fsp3) is 0.400. The number of benzene rings is 1. The average Bonchev–Trinajstić information content (AvgIpc) is 2.81. The molecule has 1 heterocycles. The van der Waals surface area contributed by atoms with Gasteiger partial charge in [-0.25, -0.2) is 4.98 Å². The highest BCUT2D eigenvalue weighted by Gasteiger charge is 2.20. The number of anilines is 1. The van der Waals surface area contributed by atoms with Gasteiger partial charge >= 0.3 is 0 Å². The van der Waals surface area contributed by atoms with Crippen LogP contribution in [-0.4, -0.2) is 12.1 Å². The Morgan fingerprint density at radius 3 is 2.60 bits per heavy atom. The second-order valence-electron chi connectivity index (χ2n) is 5.57. The van der Waals surface area contributed by atoms with Crippen molar-refractivity contribution in [3.63, 3.8) is 0 Å². The van der Waals surface area contributed by atoms with Crippen molar-refractivity contribution >= 4 is 16.5 Å². The molecule has 108 valence electrons. The number of nitrogen functional groups attached to an aromatic ring is 1. The Kier molecular flexibility index (Phi) is 4.18. The lowest BCUT2D eigenvalue weighted by atomic mass is 9.86. The fourth-order valence-electron chi connectivity index (χ4n) is 1.89. The minimum Gasteiger partial charge on any atom is -0.497 e. The zero-order valence-corrected chi connectivity index (χ0v) is 13.1. The van der Waals surface area contributed by atoms with Crippen LogP contribution in [0.3, 0.4) is 0 Å². The largest absolute Gasteiger partial charge is 0.497 e. The van der Waals surface area contributed by atoms with Gasteiger partial charge in [0.25, 0.3) is 0 Å². The summed E-state index contributed by atoms with van der Waals surface area (Å²) in [5, 5.41) is 0.564. The maximum absolute atomic E-state index is 5.92. The number of ether oxygens (including phenoxy) is 2. The number of hydrogen-bond acceptors (Lipinski definition) is 5. The van der Waals surface area contributed by atoms with Gasteiger partial charge in [0.2, 0.25) is 0 Å². The summed E-state index contributed by atoms with van der Waals surface area (Å²) in [6.07, 6.45) is 1.75. The molecule has 0 saturated heterocycles. The summed E-state index contributed by atoms with van der Waals surface area (Å²) < 4.78 is 11.2. The molecule has 1 aromatic heterocycles. The van der Waals surface area contributed by atoms with Gasteiger partial charge in [0.1, 0.15) is 18.1 Å². The molecule has 0 bridgehead atoms. The molecule has 0 amide bonds. The first-order valence-corrected chi connectivity index (χ1v) is 7.23. The van der Waals surface area contributed by atoms with E-state index in [2.05, 4.69) is 25.8 Å². The van der Waals surface area contributed by atoms with Gasteiger partial charge in [0.05, 0.1) is 12.0 Å². The van der Waals surface area contributed by atoms with E-state index in [1.165, 1.54) is 11.3 Å². The summed E-state index contributed by atoms with van der Waals surface area (Å²) in [5.74, 6) is 1.70. The summed E-state index contributed by atoms with van der Waals surface area (Å²) in [7, 11) is 1.67. The van der Waals surface area contributed by atoms with E-state index in [9.17, 15) is 0 Å². The summed E-state index contributed by atoms with van der Waals surface area (Å²) in [4.78, 5) is 5.04. The second kappa shape index (κ2) is 5.71.